The van der Waals surface area contributed by atoms with Gasteiger partial charge in [-0.15, -0.1) is 0 Å². The molecule has 0 unspecified atom stereocenters. The minimum atomic E-state index is -1.04. The number of rotatable bonds is 3. The summed E-state index contributed by atoms with van der Waals surface area (Å²) in [6.45, 7) is 4.93. The van der Waals surface area contributed by atoms with Gasteiger partial charge in [-0.25, -0.2) is 4.79 Å². The van der Waals surface area contributed by atoms with Crippen molar-refractivity contribution < 1.29 is 19.1 Å². The van der Waals surface area contributed by atoms with Gasteiger partial charge in [0.2, 0.25) is 0 Å². The van der Waals surface area contributed by atoms with E-state index >= 15 is 0 Å². The Morgan fingerprint density at radius 2 is 1.90 bits per heavy atom. The highest BCUT2D eigenvalue weighted by Crippen LogP contribution is 2.38. The van der Waals surface area contributed by atoms with Crippen LogP contribution in [0.2, 0.25) is 0 Å². The molecule has 2 aromatic carbocycles. The van der Waals surface area contributed by atoms with Crippen LogP contribution < -0.4 is 10.5 Å². The molecule has 1 amide bonds. The number of piperidine rings is 1. The van der Waals surface area contributed by atoms with Gasteiger partial charge < -0.3 is 25.5 Å². The smallest absolute Gasteiger partial charge is 0.345 e. The van der Waals surface area contributed by atoms with Crippen molar-refractivity contribution in [3.05, 3.63) is 58.7 Å². The molecule has 30 heavy (non-hydrogen) atoms. The van der Waals surface area contributed by atoms with E-state index < -0.39 is 5.79 Å². The summed E-state index contributed by atoms with van der Waals surface area (Å²) in [5.41, 5.74) is 8.85. The normalized spacial score (nSPS) is 17.3. The van der Waals surface area contributed by atoms with Crippen molar-refractivity contribution >= 4 is 23.8 Å². The number of amides is 1. The van der Waals surface area contributed by atoms with Crippen LogP contribution in [-0.2, 0) is 4.74 Å². The average Bonchev–Trinajstić information content (AvgIpc) is 2.73. The Morgan fingerprint density at radius 3 is 2.53 bits per heavy atom. The van der Waals surface area contributed by atoms with E-state index in [1.54, 1.807) is 23.1 Å². The van der Waals surface area contributed by atoms with Crippen molar-refractivity contribution in [2.24, 2.45) is 0 Å². The number of ether oxygens (including phenoxy) is 2. The minimum absolute atomic E-state index is 0.141. The second-order valence-electron chi connectivity index (χ2n) is 8.09. The minimum Gasteiger partial charge on any atom is -0.451 e. The molecular weight excluding hydrogens is 382 g/mol. The summed E-state index contributed by atoms with van der Waals surface area (Å²) in [7, 11) is 0. The Bertz CT molecular complexity index is 1020. The van der Waals surface area contributed by atoms with Gasteiger partial charge in [-0.3, -0.25) is 4.79 Å². The van der Waals surface area contributed by atoms with Gasteiger partial charge in [0, 0.05) is 49.0 Å². The molecule has 2 heterocycles. The SMILES string of the molecule is CC(C)c1ccc2c(c1)C(=O)OC1(CCN(C(=O)c3ccc(C=N)c(N)c3)CC1)O2. The number of nitrogens with one attached hydrogen (secondary N) is 1. The lowest BCUT2D eigenvalue weighted by Crippen LogP contribution is -2.53. The molecular formula is C23H25N3O4. The zero-order valence-corrected chi connectivity index (χ0v) is 17.1. The van der Waals surface area contributed by atoms with Gasteiger partial charge in [-0.2, -0.15) is 0 Å². The summed E-state index contributed by atoms with van der Waals surface area (Å²) in [6.07, 6.45) is 1.94. The molecule has 0 aromatic heterocycles. The zero-order valence-electron chi connectivity index (χ0n) is 17.1. The van der Waals surface area contributed by atoms with Crippen molar-refractivity contribution in [2.45, 2.75) is 38.4 Å². The Morgan fingerprint density at radius 1 is 1.17 bits per heavy atom. The van der Waals surface area contributed by atoms with Crippen LogP contribution in [-0.4, -0.2) is 41.9 Å². The number of likely N-dealkylation sites (tertiary alicyclic amines) is 1. The first-order valence-corrected chi connectivity index (χ1v) is 10.1. The molecule has 4 rings (SSSR count). The van der Waals surface area contributed by atoms with Gasteiger partial charge in [0.15, 0.2) is 0 Å². The second kappa shape index (κ2) is 7.48. The second-order valence-corrected chi connectivity index (χ2v) is 8.09. The molecule has 7 nitrogen and oxygen atoms in total. The largest absolute Gasteiger partial charge is 0.451 e. The van der Waals surface area contributed by atoms with Crippen LogP contribution in [0.3, 0.4) is 0 Å². The Labute approximate surface area is 175 Å². The molecule has 0 saturated carbocycles. The Kier molecular flexibility index (Phi) is 4.97. The quantitative estimate of drug-likeness (QED) is 0.460. The van der Waals surface area contributed by atoms with E-state index in [1.165, 1.54) is 0 Å². The van der Waals surface area contributed by atoms with E-state index in [2.05, 4.69) is 13.8 Å². The molecule has 1 saturated heterocycles. The number of nitrogen functional groups attached to an aromatic ring is 1. The van der Waals surface area contributed by atoms with Crippen molar-refractivity contribution in [2.75, 3.05) is 18.8 Å². The van der Waals surface area contributed by atoms with Crippen LogP contribution >= 0.6 is 0 Å². The maximum Gasteiger partial charge on any atom is 0.345 e. The fourth-order valence-corrected chi connectivity index (χ4v) is 3.88. The maximum atomic E-state index is 12.9. The highest BCUT2D eigenvalue weighted by molar-refractivity contribution is 5.97. The van der Waals surface area contributed by atoms with E-state index in [4.69, 9.17) is 20.6 Å². The molecule has 1 fully saturated rings. The average molecular weight is 407 g/mol. The lowest BCUT2D eigenvalue weighted by atomic mass is 9.97. The van der Waals surface area contributed by atoms with E-state index in [9.17, 15) is 9.59 Å². The predicted molar refractivity (Wildman–Crippen MR) is 113 cm³/mol. The molecule has 2 aromatic rings. The van der Waals surface area contributed by atoms with Crippen LogP contribution in [0.5, 0.6) is 5.75 Å². The van der Waals surface area contributed by atoms with Crippen LogP contribution in [0.4, 0.5) is 5.69 Å². The Hall–Kier alpha value is -3.35. The zero-order chi connectivity index (χ0) is 21.5. The van der Waals surface area contributed by atoms with E-state index in [0.717, 1.165) is 11.8 Å². The number of nitrogens with two attached hydrogens (primary N) is 1. The first-order chi connectivity index (χ1) is 14.3. The number of hydrogen-bond acceptors (Lipinski definition) is 6. The van der Waals surface area contributed by atoms with Crippen LogP contribution in [0.1, 0.15) is 64.4 Å². The molecule has 2 aliphatic heterocycles. The first kappa shape index (κ1) is 19.9. The number of fused-ring (bicyclic) bond motifs is 1. The van der Waals surface area contributed by atoms with E-state index in [1.807, 2.05) is 18.2 Å². The molecule has 0 atom stereocenters. The van der Waals surface area contributed by atoms with Gasteiger partial charge in [0.25, 0.3) is 11.7 Å². The number of anilines is 1. The fourth-order valence-electron chi connectivity index (χ4n) is 3.88. The lowest BCUT2D eigenvalue weighted by molar-refractivity contribution is -0.177. The number of benzene rings is 2. The summed E-state index contributed by atoms with van der Waals surface area (Å²) in [4.78, 5) is 27.2. The predicted octanol–water partition coefficient (Wildman–Crippen LogP) is 3.57. The topological polar surface area (TPSA) is 106 Å². The number of esters is 1. The third-order valence-electron chi connectivity index (χ3n) is 5.77. The summed E-state index contributed by atoms with van der Waals surface area (Å²) in [5, 5.41) is 7.31. The number of carbonyl (C=O) groups is 2. The highest BCUT2D eigenvalue weighted by Gasteiger charge is 2.45. The molecule has 3 N–H and O–H groups in total. The monoisotopic (exact) mass is 407 g/mol. The third kappa shape index (κ3) is 3.51. The Balaban J connectivity index is 1.47. The summed E-state index contributed by atoms with van der Waals surface area (Å²) < 4.78 is 11.8. The van der Waals surface area contributed by atoms with Crippen LogP contribution in [0, 0.1) is 5.41 Å². The third-order valence-corrected chi connectivity index (χ3v) is 5.77. The summed E-state index contributed by atoms with van der Waals surface area (Å²) in [6, 6.07) is 10.6. The van der Waals surface area contributed by atoms with Crippen molar-refractivity contribution in [1.29, 1.82) is 5.41 Å². The molecule has 0 aliphatic carbocycles. The van der Waals surface area contributed by atoms with Crippen molar-refractivity contribution in [3.8, 4) is 5.75 Å². The van der Waals surface area contributed by atoms with E-state index in [0.29, 0.717) is 60.0 Å². The van der Waals surface area contributed by atoms with Crippen LogP contribution in [0.25, 0.3) is 0 Å². The summed E-state index contributed by atoms with van der Waals surface area (Å²) >= 11 is 0. The molecule has 0 bridgehead atoms. The molecule has 7 heteroatoms. The van der Waals surface area contributed by atoms with Crippen molar-refractivity contribution in [3.63, 3.8) is 0 Å². The van der Waals surface area contributed by atoms with E-state index in [-0.39, 0.29) is 11.9 Å². The summed E-state index contributed by atoms with van der Waals surface area (Å²) in [5.74, 6) is -0.727. The number of carbonyl (C=O) groups excluding carboxylic acids is 2. The first-order valence-electron chi connectivity index (χ1n) is 10.1. The van der Waals surface area contributed by atoms with Crippen molar-refractivity contribution in [1.82, 2.24) is 4.90 Å². The van der Waals surface area contributed by atoms with Crippen LogP contribution in [0.15, 0.2) is 36.4 Å². The fraction of sp³-hybridized carbons (Fsp3) is 0.348. The molecule has 0 radical (unpaired) electrons. The molecule has 1 spiro atoms. The standard InChI is InChI=1S/C23H25N3O4/c1-14(2)15-5-6-20-18(11-15)22(28)30-23(29-20)7-9-26(10-8-23)21(27)16-3-4-17(13-24)19(25)12-16/h3-6,11-14,24H,7-10,25H2,1-2H3. The lowest BCUT2D eigenvalue weighted by Gasteiger charge is -2.43. The maximum absolute atomic E-state index is 12.9. The number of hydrogen-bond donors (Lipinski definition) is 2. The van der Waals surface area contributed by atoms with Gasteiger partial charge in [-0.05, 0) is 35.7 Å². The highest BCUT2D eigenvalue weighted by atomic mass is 16.7. The molecule has 156 valence electrons. The van der Waals surface area contributed by atoms with Gasteiger partial charge >= 0.3 is 5.97 Å². The van der Waals surface area contributed by atoms with Gasteiger partial charge in [-0.1, -0.05) is 26.0 Å². The van der Waals surface area contributed by atoms with Gasteiger partial charge in [0.05, 0.1) is 0 Å². The van der Waals surface area contributed by atoms with Gasteiger partial charge in [0.1, 0.15) is 11.3 Å². The number of nitrogens with zero attached hydrogens (tertiary/aromatic N) is 1. The molecule has 2 aliphatic rings.